The fraction of sp³-hybridized carbons (Fsp3) is 0. The highest BCUT2D eigenvalue weighted by Gasteiger charge is 2.28. The molecule has 0 atom stereocenters. The van der Waals surface area contributed by atoms with Crippen molar-refractivity contribution < 1.29 is 4.42 Å². The number of aromatic nitrogens is 1. The van der Waals surface area contributed by atoms with E-state index in [1.165, 1.54) is 32.7 Å². The van der Waals surface area contributed by atoms with Gasteiger partial charge in [0.15, 0.2) is 5.76 Å². The minimum atomic E-state index is 0.626. The first-order valence-corrected chi connectivity index (χ1v) is 14.9. The second kappa shape index (κ2) is 9.82. The van der Waals surface area contributed by atoms with Gasteiger partial charge >= 0.3 is 0 Å². The van der Waals surface area contributed by atoms with Crippen LogP contribution >= 0.6 is 0 Å². The zero-order valence-corrected chi connectivity index (χ0v) is 23.8. The third-order valence-electron chi connectivity index (χ3n) is 8.62. The second-order valence-electron chi connectivity index (χ2n) is 11.2. The van der Waals surface area contributed by atoms with Crippen molar-refractivity contribution in [2.45, 2.75) is 0 Å². The molecule has 0 unspecified atom stereocenters. The highest BCUT2D eigenvalue weighted by atomic mass is 16.4. The number of para-hydroxylation sites is 1. The van der Waals surface area contributed by atoms with Gasteiger partial charge in [0, 0.05) is 38.8 Å². The summed E-state index contributed by atoms with van der Waals surface area (Å²) in [6.45, 7) is 0. The van der Waals surface area contributed by atoms with Gasteiger partial charge in [-0.1, -0.05) is 121 Å². The van der Waals surface area contributed by atoms with E-state index in [9.17, 15) is 0 Å². The van der Waals surface area contributed by atoms with Crippen molar-refractivity contribution in [2.75, 3.05) is 4.90 Å². The molecular formula is C41H26N2O. The van der Waals surface area contributed by atoms with Crippen molar-refractivity contribution in [3.05, 3.63) is 158 Å². The van der Waals surface area contributed by atoms with Crippen LogP contribution in [0.4, 0.5) is 17.1 Å². The van der Waals surface area contributed by atoms with Crippen LogP contribution in [-0.2, 0) is 0 Å². The Bertz CT molecular complexity index is 2280. The van der Waals surface area contributed by atoms with E-state index in [0.29, 0.717) is 5.89 Å². The molecule has 3 nitrogen and oxygen atoms in total. The highest BCUT2D eigenvalue weighted by Crippen LogP contribution is 2.49. The molecular weight excluding hydrogens is 536 g/mol. The maximum absolute atomic E-state index is 6.54. The molecule has 0 bridgehead atoms. The number of hydrogen-bond donors (Lipinski definition) is 0. The SMILES string of the molecule is c1ccc(-c2ccc(N(c3ccccc3)c3cccc(-c4nc5c(o4)-c4cccc6cccc-5c46)c3)c3ccccc23)cc1. The molecule has 1 aliphatic rings. The summed E-state index contributed by atoms with van der Waals surface area (Å²) >= 11 is 0. The quantitative estimate of drug-likeness (QED) is 0.209. The summed E-state index contributed by atoms with van der Waals surface area (Å²) in [7, 11) is 0. The number of fused-ring (bicyclic) bond motifs is 4. The third kappa shape index (κ3) is 3.80. The molecule has 7 aromatic carbocycles. The van der Waals surface area contributed by atoms with Crippen LogP contribution in [-0.4, -0.2) is 4.98 Å². The molecule has 0 spiro atoms. The molecule has 0 amide bonds. The lowest BCUT2D eigenvalue weighted by atomic mass is 9.96. The van der Waals surface area contributed by atoms with Gasteiger partial charge in [-0.15, -0.1) is 0 Å². The topological polar surface area (TPSA) is 29.3 Å². The van der Waals surface area contributed by atoms with Gasteiger partial charge in [0.1, 0.15) is 5.69 Å². The zero-order chi connectivity index (χ0) is 29.0. The maximum atomic E-state index is 6.54. The minimum Gasteiger partial charge on any atom is -0.435 e. The number of benzene rings is 7. The lowest BCUT2D eigenvalue weighted by Gasteiger charge is -2.27. The summed E-state index contributed by atoms with van der Waals surface area (Å²) in [6.07, 6.45) is 0. The molecule has 1 heterocycles. The largest absolute Gasteiger partial charge is 0.435 e. The van der Waals surface area contributed by atoms with Crippen LogP contribution in [0.15, 0.2) is 162 Å². The van der Waals surface area contributed by atoms with E-state index < -0.39 is 0 Å². The van der Waals surface area contributed by atoms with Gasteiger partial charge in [-0.3, -0.25) is 0 Å². The molecule has 3 heteroatoms. The first-order valence-electron chi connectivity index (χ1n) is 14.9. The van der Waals surface area contributed by atoms with Gasteiger partial charge in [-0.05, 0) is 58.3 Å². The Morgan fingerprint density at radius 2 is 1.14 bits per heavy atom. The Morgan fingerprint density at radius 1 is 0.477 bits per heavy atom. The fourth-order valence-electron chi connectivity index (χ4n) is 6.67. The molecule has 0 saturated carbocycles. The van der Waals surface area contributed by atoms with E-state index in [4.69, 9.17) is 9.40 Å². The normalized spacial score (nSPS) is 11.6. The van der Waals surface area contributed by atoms with Crippen LogP contribution in [0.25, 0.3) is 66.7 Å². The van der Waals surface area contributed by atoms with Crippen LogP contribution in [0, 0.1) is 0 Å². The van der Waals surface area contributed by atoms with Crippen LogP contribution in [0.5, 0.6) is 0 Å². The molecule has 8 aromatic rings. The molecule has 206 valence electrons. The number of nitrogens with zero attached hydrogens (tertiary/aromatic N) is 2. The Morgan fingerprint density at radius 3 is 1.95 bits per heavy atom. The summed E-state index contributed by atoms with van der Waals surface area (Å²) < 4.78 is 6.54. The molecule has 0 aliphatic heterocycles. The summed E-state index contributed by atoms with van der Waals surface area (Å²) in [5, 5.41) is 4.83. The van der Waals surface area contributed by atoms with Gasteiger partial charge in [0.2, 0.25) is 5.89 Å². The van der Waals surface area contributed by atoms with Crippen molar-refractivity contribution in [3.63, 3.8) is 0 Å². The second-order valence-corrected chi connectivity index (χ2v) is 11.2. The van der Waals surface area contributed by atoms with Crippen molar-refractivity contribution in [2.24, 2.45) is 0 Å². The summed E-state index contributed by atoms with van der Waals surface area (Å²) in [4.78, 5) is 7.38. The van der Waals surface area contributed by atoms with Gasteiger partial charge < -0.3 is 9.32 Å². The zero-order valence-electron chi connectivity index (χ0n) is 23.8. The maximum Gasteiger partial charge on any atom is 0.227 e. The predicted octanol–water partition coefficient (Wildman–Crippen LogP) is 11.4. The molecule has 0 fully saturated rings. The summed E-state index contributed by atoms with van der Waals surface area (Å²) in [5.41, 5.74) is 9.75. The van der Waals surface area contributed by atoms with Gasteiger partial charge in [0.25, 0.3) is 0 Å². The molecule has 1 aliphatic carbocycles. The third-order valence-corrected chi connectivity index (χ3v) is 8.62. The van der Waals surface area contributed by atoms with Crippen LogP contribution in [0.3, 0.4) is 0 Å². The molecule has 44 heavy (non-hydrogen) atoms. The van der Waals surface area contributed by atoms with Crippen molar-refractivity contribution in [1.82, 2.24) is 4.98 Å². The van der Waals surface area contributed by atoms with E-state index in [0.717, 1.165) is 45.2 Å². The van der Waals surface area contributed by atoms with Crippen LogP contribution < -0.4 is 4.90 Å². The van der Waals surface area contributed by atoms with Crippen LogP contribution in [0.2, 0.25) is 0 Å². The first kappa shape index (κ1) is 24.6. The predicted molar refractivity (Wildman–Crippen MR) is 181 cm³/mol. The monoisotopic (exact) mass is 562 g/mol. The van der Waals surface area contributed by atoms with E-state index in [2.05, 4.69) is 163 Å². The van der Waals surface area contributed by atoms with E-state index >= 15 is 0 Å². The number of rotatable bonds is 5. The van der Waals surface area contributed by atoms with Crippen molar-refractivity contribution >= 4 is 38.6 Å². The smallest absolute Gasteiger partial charge is 0.227 e. The fourth-order valence-corrected chi connectivity index (χ4v) is 6.67. The van der Waals surface area contributed by atoms with Crippen LogP contribution in [0.1, 0.15) is 0 Å². The van der Waals surface area contributed by atoms with Crippen molar-refractivity contribution in [1.29, 1.82) is 0 Å². The molecule has 0 radical (unpaired) electrons. The average Bonchev–Trinajstić information content (AvgIpc) is 3.66. The number of anilines is 3. The molecule has 1 aromatic heterocycles. The Hall–Kier alpha value is -5.93. The lowest BCUT2D eigenvalue weighted by Crippen LogP contribution is -2.10. The van der Waals surface area contributed by atoms with E-state index in [-0.39, 0.29) is 0 Å². The van der Waals surface area contributed by atoms with Gasteiger partial charge in [-0.25, -0.2) is 4.98 Å². The Labute approximate surface area is 255 Å². The van der Waals surface area contributed by atoms with E-state index in [1.807, 2.05) is 0 Å². The molecule has 0 N–H and O–H groups in total. The number of hydrogen-bond acceptors (Lipinski definition) is 3. The Kier molecular flexibility index (Phi) is 5.50. The summed E-state index contributed by atoms with van der Waals surface area (Å²) in [6, 6.07) is 55.5. The molecule has 0 saturated heterocycles. The lowest BCUT2D eigenvalue weighted by molar-refractivity contribution is 0.590. The average molecular weight is 563 g/mol. The number of oxazole rings is 1. The highest BCUT2D eigenvalue weighted by molar-refractivity contribution is 6.13. The van der Waals surface area contributed by atoms with Gasteiger partial charge in [-0.2, -0.15) is 0 Å². The van der Waals surface area contributed by atoms with Crippen molar-refractivity contribution in [3.8, 4) is 45.2 Å². The Balaban J connectivity index is 1.20. The van der Waals surface area contributed by atoms with E-state index in [1.54, 1.807) is 0 Å². The van der Waals surface area contributed by atoms with Gasteiger partial charge in [0.05, 0.1) is 5.69 Å². The molecule has 9 rings (SSSR count). The minimum absolute atomic E-state index is 0.626. The first-order chi connectivity index (χ1) is 21.8. The standard InChI is InChI=1S/C41H26N2O/c1-3-12-27(13-4-1)32-24-25-37(34-21-8-7-20-33(32)34)43(30-17-5-2-6-18-30)31-19-9-16-29(26-31)41-42-39-35-22-10-14-28-15-11-23-36(38(28)35)40(39)44-41/h1-26H. The summed E-state index contributed by atoms with van der Waals surface area (Å²) in [5.74, 6) is 1.47.